The SMILES string of the molecule is CCN(CC)c1nc(N)nc(-c2cc(Cl)ccc2CO)n1. The Labute approximate surface area is 128 Å². The maximum Gasteiger partial charge on any atom is 0.230 e. The molecule has 0 aliphatic carbocycles. The van der Waals surface area contributed by atoms with Gasteiger partial charge in [-0.3, -0.25) is 0 Å². The third-order valence-electron chi connectivity index (χ3n) is 3.17. The molecule has 112 valence electrons. The number of halogens is 1. The van der Waals surface area contributed by atoms with Gasteiger partial charge in [0, 0.05) is 23.7 Å². The Kier molecular flexibility index (Phi) is 4.93. The minimum absolute atomic E-state index is 0.126. The lowest BCUT2D eigenvalue weighted by molar-refractivity contribution is 0.282. The lowest BCUT2D eigenvalue weighted by atomic mass is 10.1. The van der Waals surface area contributed by atoms with Gasteiger partial charge in [0.25, 0.3) is 0 Å². The molecule has 0 radical (unpaired) electrons. The molecule has 0 amide bonds. The van der Waals surface area contributed by atoms with Crippen LogP contribution in [-0.2, 0) is 6.61 Å². The average molecular weight is 308 g/mol. The lowest BCUT2D eigenvalue weighted by Gasteiger charge is -2.19. The molecule has 6 nitrogen and oxygen atoms in total. The summed E-state index contributed by atoms with van der Waals surface area (Å²) in [6.45, 7) is 5.44. The molecule has 0 aliphatic rings. The first kappa shape index (κ1) is 15.5. The molecule has 21 heavy (non-hydrogen) atoms. The number of aliphatic hydroxyl groups is 1. The highest BCUT2D eigenvalue weighted by molar-refractivity contribution is 6.30. The van der Waals surface area contributed by atoms with Gasteiger partial charge in [0.15, 0.2) is 5.82 Å². The van der Waals surface area contributed by atoms with Crippen LogP contribution in [-0.4, -0.2) is 33.1 Å². The fourth-order valence-corrected chi connectivity index (χ4v) is 2.22. The number of hydrogen-bond acceptors (Lipinski definition) is 6. The minimum Gasteiger partial charge on any atom is -0.392 e. The number of rotatable bonds is 5. The van der Waals surface area contributed by atoms with E-state index in [4.69, 9.17) is 17.3 Å². The third kappa shape index (κ3) is 3.40. The van der Waals surface area contributed by atoms with E-state index in [1.807, 2.05) is 18.7 Å². The first-order valence-corrected chi connectivity index (χ1v) is 7.13. The van der Waals surface area contributed by atoms with Crippen molar-refractivity contribution in [1.29, 1.82) is 0 Å². The summed E-state index contributed by atoms with van der Waals surface area (Å²) in [5.41, 5.74) is 7.14. The lowest BCUT2D eigenvalue weighted by Crippen LogP contribution is -2.25. The van der Waals surface area contributed by atoms with E-state index in [9.17, 15) is 5.11 Å². The molecule has 0 aliphatic heterocycles. The van der Waals surface area contributed by atoms with Crippen LogP contribution >= 0.6 is 11.6 Å². The smallest absolute Gasteiger partial charge is 0.230 e. The zero-order chi connectivity index (χ0) is 15.4. The van der Waals surface area contributed by atoms with Crippen molar-refractivity contribution in [2.75, 3.05) is 23.7 Å². The molecule has 0 spiro atoms. The van der Waals surface area contributed by atoms with E-state index in [0.717, 1.165) is 13.1 Å². The summed E-state index contributed by atoms with van der Waals surface area (Å²) < 4.78 is 0. The van der Waals surface area contributed by atoms with Gasteiger partial charge in [-0.15, -0.1) is 0 Å². The normalized spacial score (nSPS) is 10.7. The summed E-state index contributed by atoms with van der Waals surface area (Å²) in [6, 6.07) is 5.18. The molecule has 0 atom stereocenters. The zero-order valence-corrected chi connectivity index (χ0v) is 12.8. The molecule has 0 bridgehead atoms. The topological polar surface area (TPSA) is 88.2 Å². The zero-order valence-electron chi connectivity index (χ0n) is 12.0. The fraction of sp³-hybridized carbons (Fsp3) is 0.357. The third-order valence-corrected chi connectivity index (χ3v) is 3.41. The van der Waals surface area contributed by atoms with E-state index < -0.39 is 0 Å². The summed E-state index contributed by atoms with van der Waals surface area (Å²) >= 11 is 6.03. The monoisotopic (exact) mass is 307 g/mol. The van der Waals surface area contributed by atoms with Crippen molar-refractivity contribution in [3.63, 3.8) is 0 Å². The van der Waals surface area contributed by atoms with Crippen LogP contribution in [0.15, 0.2) is 18.2 Å². The molecule has 3 N–H and O–H groups in total. The molecule has 2 aromatic rings. The van der Waals surface area contributed by atoms with Gasteiger partial charge in [0.2, 0.25) is 11.9 Å². The molecular weight excluding hydrogens is 290 g/mol. The predicted octanol–water partition coefficient (Wildman–Crippen LogP) is 2.11. The van der Waals surface area contributed by atoms with Crippen LogP contribution < -0.4 is 10.6 Å². The van der Waals surface area contributed by atoms with Crippen LogP contribution in [0.1, 0.15) is 19.4 Å². The van der Waals surface area contributed by atoms with Gasteiger partial charge in [-0.05, 0) is 31.5 Å². The first-order chi connectivity index (χ1) is 10.1. The highest BCUT2D eigenvalue weighted by Crippen LogP contribution is 2.26. The van der Waals surface area contributed by atoms with Crippen molar-refractivity contribution in [2.45, 2.75) is 20.5 Å². The van der Waals surface area contributed by atoms with E-state index in [2.05, 4.69) is 15.0 Å². The molecule has 1 heterocycles. The molecule has 1 aromatic heterocycles. The number of anilines is 2. The van der Waals surface area contributed by atoms with Crippen LogP contribution in [0.4, 0.5) is 11.9 Å². The average Bonchev–Trinajstić information content (AvgIpc) is 2.48. The summed E-state index contributed by atoms with van der Waals surface area (Å²) in [6.07, 6.45) is 0. The number of benzene rings is 1. The van der Waals surface area contributed by atoms with Crippen molar-refractivity contribution in [3.05, 3.63) is 28.8 Å². The van der Waals surface area contributed by atoms with Crippen molar-refractivity contribution >= 4 is 23.5 Å². The van der Waals surface area contributed by atoms with E-state index in [-0.39, 0.29) is 12.6 Å². The fourth-order valence-electron chi connectivity index (χ4n) is 2.04. The second-order valence-electron chi connectivity index (χ2n) is 4.45. The van der Waals surface area contributed by atoms with E-state index in [1.165, 1.54) is 0 Å². The highest BCUT2D eigenvalue weighted by Gasteiger charge is 2.14. The number of aliphatic hydroxyl groups excluding tert-OH is 1. The largest absolute Gasteiger partial charge is 0.392 e. The molecule has 7 heteroatoms. The van der Waals surface area contributed by atoms with Crippen LogP contribution in [0.3, 0.4) is 0 Å². The molecule has 0 saturated carbocycles. The Morgan fingerprint density at radius 3 is 2.52 bits per heavy atom. The van der Waals surface area contributed by atoms with E-state index in [0.29, 0.717) is 27.9 Å². The van der Waals surface area contributed by atoms with Gasteiger partial charge in [0.1, 0.15) is 0 Å². The van der Waals surface area contributed by atoms with Gasteiger partial charge in [-0.2, -0.15) is 15.0 Å². The van der Waals surface area contributed by atoms with Crippen LogP contribution in [0, 0.1) is 0 Å². The van der Waals surface area contributed by atoms with Crippen molar-refractivity contribution in [2.24, 2.45) is 0 Å². The van der Waals surface area contributed by atoms with Crippen LogP contribution in [0.5, 0.6) is 0 Å². The highest BCUT2D eigenvalue weighted by atomic mass is 35.5. The van der Waals surface area contributed by atoms with Crippen molar-refractivity contribution in [3.8, 4) is 11.4 Å². The predicted molar refractivity (Wildman–Crippen MR) is 84.2 cm³/mol. The maximum atomic E-state index is 9.45. The Bertz CT molecular complexity index is 631. The molecule has 0 unspecified atom stereocenters. The standard InChI is InChI=1S/C14H18ClN5O/c1-3-20(4-2)14-18-12(17-13(16)19-14)11-7-10(15)6-5-9(11)8-21/h5-7,21H,3-4,8H2,1-2H3,(H2,16,17,18,19). The Hall–Kier alpha value is -1.92. The number of nitrogen functional groups attached to an aromatic ring is 1. The Balaban J connectivity index is 2.56. The summed E-state index contributed by atoms with van der Waals surface area (Å²) in [5.74, 6) is 1.08. The Morgan fingerprint density at radius 1 is 1.19 bits per heavy atom. The van der Waals surface area contributed by atoms with Crippen LogP contribution in [0.2, 0.25) is 5.02 Å². The van der Waals surface area contributed by atoms with Gasteiger partial charge < -0.3 is 15.7 Å². The summed E-state index contributed by atoms with van der Waals surface area (Å²) in [5, 5.41) is 10.0. The Morgan fingerprint density at radius 2 is 1.90 bits per heavy atom. The minimum atomic E-state index is -0.126. The van der Waals surface area contributed by atoms with E-state index >= 15 is 0 Å². The van der Waals surface area contributed by atoms with Gasteiger partial charge in [-0.1, -0.05) is 17.7 Å². The van der Waals surface area contributed by atoms with E-state index in [1.54, 1.807) is 18.2 Å². The van der Waals surface area contributed by atoms with Gasteiger partial charge in [-0.25, -0.2) is 0 Å². The van der Waals surface area contributed by atoms with Crippen molar-refractivity contribution in [1.82, 2.24) is 15.0 Å². The molecule has 2 rings (SSSR count). The summed E-state index contributed by atoms with van der Waals surface area (Å²) in [4.78, 5) is 14.8. The second-order valence-corrected chi connectivity index (χ2v) is 4.89. The van der Waals surface area contributed by atoms with Gasteiger partial charge >= 0.3 is 0 Å². The number of aromatic nitrogens is 3. The molecular formula is C14H18ClN5O. The quantitative estimate of drug-likeness (QED) is 0.879. The second kappa shape index (κ2) is 6.69. The number of hydrogen-bond donors (Lipinski definition) is 2. The number of nitrogens with zero attached hydrogens (tertiary/aromatic N) is 4. The maximum absolute atomic E-state index is 9.45. The van der Waals surface area contributed by atoms with Gasteiger partial charge in [0.05, 0.1) is 6.61 Å². The molecule has 1 aromatic carbocycles. The molecule has 0 fully saturated rings. The first-order valence-electron chi connectivity index (χ1n) is 6.75. The van der Waals surface area contributed by atoms with Crippen molar-refractivity contribution < 1.29 is 5.11 Å². The van der Waals surface area contributed by atoms with Crippen LogP contribution in [0.25, 0.3) is 11.4 Å². The number of nitrogens with two attached hydrogens (primary N) is 1. The molecule has 0 saturated heterocycles. The summed E-state index contributed by atoms with van der Waals surface area (Å²) in [7, 11) is 0.